The van der Waals surface area contributed by atoms with Crippen LogP contribution in [0.3, 0.4) is 0 Å². The van der Waals surface area contributed by atoms with E-state index in [-0.39, 0.29) is 5.60 Å². The summed E-state index contributed by atoms with van der Waals surface area (Å²) in [5.74, 6) is 0. The van der Waals surface area contributed by atoms with Crippen LogP contribution in [0, 0.1) is 0 Å². The van der Waals surface area contributed by atoms with E-state index in [9.17, 15) is 21.6 Å². The van der Waals surface area contributed by atoms with Gasteiger partial charge in [0, 0.05) is 31.8 Å². The molecule has 0 amide bonds. The van der Waals surface area contributed by atoms with E-state index in [0.29, 0.717) is 38.6 Å². The van der Waals surface area contributed by atoms with Gasteiger partial charge in [0.15, 0.2) is 0 Å². The number of anilines is 1. The second-order valence-electron chi connectivity index (χ2n) is 5.70. The lowest BCUT2D eigenvalue weighted by Crippen LogP contribution is -2.52. The minimum absolute atomic E-state index is 0.380. The molecule has 23 heavy (non-hydrogen) atoms. The van der Waals surface area contributed by atoms with Gasteiger partial charge in [-0.05, 0) is 24.3 Å². The van der Waals surface area contributed by atoms with Crippen LogP contribution >= 0.6 is 0 Å². The molecule has 0 N–H and O–H groups in total. The van der Waals surface area contributed by atoms with Crippen molar-refractivity contribution in [1.82, 2.24) is 0 Å². The Hall–Kier alpha value is -1.32. The first-order chi connectivity index (χ1) is 10.7. The SMILES string of the molecule is O=S(=O)(c1ccc(N2CCOC3(CCOC3)C2)cc1)C(F)(F)F. The molecule has 2 saturated heterocycles. The van der Waals surface area contributed by atoms with Crippen molar-refractivity contribution in [3.63, 3.8) is 0 Å². The van der Waals surface area contributed by atoms with Gasteiger partial charge in [-0.1, -0.05) is 0 Å². The van der Waals surface area contributed by atoms with Crippen molar-refractivity contribution < 1.29 is 31.1 Å². The molecular weight excluding hydrogens is 335 g/mol. The zero-order chi connectivity index (χ0) is 16.7. The molecule has 1 aromatic rings. The van der Waals surface area contributed by atoms with Gasteiger partial charge in [0.1, 0.15) is 5.60 Å². The highest BCUT2D eigenvalue weighted by molar-refractivity contribution is 7.92. The van der Waals surface area contributed by atoms with Crippen LogP contribution in [0.15, 0.2) is 29.2 Å². The van der Waals surface area contributed by atoms with Gasteiger partial charge in [-0.3, -0.25) is 0 Å². The molecule has 9 heteroatoms. The highest BCUT2D eigenvalue weighted by Crippen LogP contribution is 2.33. The number of rotatable bonds is 2. The fraction of sp³-hybridized carbons (Fsp3) is 0.571. The highest BCUT2D eigenvalue weighted by Gasteiger charge is 2.47. The normalized spacial score (nSPS) is 26.0. The lowest BCUT2D eigenvalue weighted by atomic mass is 10.0. The summed E-state index contributed by atoms with van der Waals surface area (Å²) in [5, 5.41) is 0. The molecular formula is C14H16F3NO4S. The molecule has 0 radical (unpaired) electrons. The molecule has 1 atom stereocenters. The lowest BCUT2D eigenvalue weighted by Gasteiger charge is -2.40. The van der Waals surface area contributed by atoms with E-state index in [1.165, 1.54) is 12.1 Å². The molecule has 5 nitrogen and oxygen atoms in total. The topological polar surface area (TPSA) is 55.8 Å². The minimum Gasteiger partial charge on any atom is -0.378 e. The Morgan fingerprint density at radius 2 is 1.83 bits per heavy atom. The molecule has 1 aromatic carbocycles. The maximum Gasteiger partial charge on any atom is 0.501 e. The molecule has 0 aliphatic carbocycles. The second-order valence-corrected chi connectivity index (χ2v) is 7.64. The van der Waals surface area contributed by atoms with E-state index in [2.05, 4.69) is 0 Å². The molecule has 0 bridgehead atoms. The maximum atomic E-state index is 12.5. The zero-order valence-electron chi connectivity index (χ0n) is 12.2. The first-order valence-corrected chi connectivity index (χ1v) is 8.60. The van der Waals surface area contributed by atoms with Crippen molar-refractivity contribution in [3.8, 4) is 0 Å². The van der Waals surface area contributed by atoms with Crippen molar-refractivity contribution >= 4 is 15.5 Å². The molecule has 1 unspecified atom stereocenters. The summed E-state index contributed by atoms with van der Waals surface area (Å²) >= 11 is 0. The van der Waals surface area contributed by atoms with E-state index in [4.69, 9.17) is 9.47 Å². The Kier molecular flexibility index (Phi) is 4.06. The van der Waals surface area contributed by atoms with Crippen molar-refractivity contribution in [2.24, 2.45) is 0 Å². The van der Waals surface area contributed by atoms with Crippen LogP contribution in [0.2, 0.25) is 0 Å². The Morgan fingerprint density at radius 3 is 2.39 bits per heavy atom. The third kappa shape index (κ3) is 3.05. The number of sulfone groups is 1. The van der Waals surface area contributed by atoms with Gasteiger partial charge in [0.2, 0.25) is 0 Å². The summed E-state index contributed by atoms with van der Waals surface area (Å²) < 4.78 is 71.5. The molecule has 2 heterocycles. The number of morpholine rings is 1. The third-order valence-corrected chi connectivity index (χ3v) is 5.63. The summed E-state index contributed by atoms with van der Waals surface area (Å²) in [6.07, 6.45) is 0.768. The van der Waals surface area contributed by atoms with Crippen molar-refractivity contribution in [2.75, 3.05) is 37.8 Å². The second kappa shape index (κ2) is 5.64. The van der Waals surface area contributed by atoms with E-state index in [1.54, 1.807) is 0 Å². The molecule has 128 valence electrons. The Morgan fingerprint density at radius 1 is 1.13 bits per heavy atom. The van der Waals surface area contributed by atoms with Crippen LogP contribution < -0.4 is 4.90 Å². The predicted molar refractivity (Wildman–Crippen MR) is 76.0 cm³/mol. The number of halogens is 3. The van der Waals surface area contributed by atoms with Gasteiger partial charge in [-0.25, -0.2) is 8.42 Å². The van der Waals surface area contributed by atoms with Crippen LogP contribution in [0.1, 0.15) is 6.42 Å². The summed E-state index contributed by atoms with van der Waals surface area (Å²) in [5.41, 5.74) is -5.01. The standard InChI is InChI=1S/C14H16F3NO4S/c15-14(16,17)23(19,20)12-3-1-11(2-4-12)18-6-8-22-13(9-18)5-7-21-10-13/h1-4H,5-10H2. The molecule has 3 rings (SSSR count). The van der Waals surface area contributed by atoms with Gasteiger partial charge < -0.3 is 14.4 Å². The molecule has 0 aromatic heterocycles. The molecule has 0 saturated carbocycles. The van der Waals surface area contributed by atoms with Gasteiger partial charge in [-0.15, -0.1) is 0 Å². The number of ether oxygens (including phenoxy) is 2. The average Bonchev–Trinajstić information content (AvgIpc) is 2.94. The first kappa shape index (κ1) is 16.5. The van der Waals surface area contributed by atoms with E-state index in [1.807, 2.05) is 4.90 Å². The number of benzene rings is 1. The largest absolute Gasteiger partial charge is 0.501 e. The van der Waals surface area contributed by atoms with Crippen LogP contribution in [0.5, 0.6) is 0 Å². The van der Waals surface area contributed by atoms with Crippen LogP contribution in [0.25, 0.3) is 0 Å². The smallest absolute Gasteiger partial charge is 0.378 e. The monoisotopic (exact) mass is 351 g/mol. The van der Waals surface area contributed by atoms with Crippen LogP contribution in [0.4, 0.5) is 18.9 Å². The lowest BCUT2D eigenvalue weighted by molar-refractivity contribution is -0.0579. The average molecular weight is 351 g/mol. The van der Waals surface area contributed by atoms with E-state index < -0.39 is 20.2 Å². The fourth-order valence-corrected chi connectivity index (χ4v) is 3.62. The minimum atomic E-state index is -5.31. The fourth-order valence-electron chi connectivity index (χ4n) is 2.86. The summed E-state index contributed by atoms with van der Waals surface area (Å²) in [6.45, 7) is 2.76. The van der Waals surface area contributed by atoms with E-state index >= 15 is 0 Å². The van der Waals surface area contributed by atoms with Crippen LogP contribution in [-0.4, -0.2) is 52.4 Å². The zero-order valence-corrected chi connectivity index (χ0v) is 13.0. The molecule has 2 aliphatic rings. The number of hydrogen-bond acceptors (Lipinski definition) is 5. The summed E-state index contributed by atoms with van der Waals surface area (Å²) in [4.78, 5) is 1.23. The highest BCUT2D eigenvalue weighted by atomic mass is 32.2. The van der Waals surface area contributed by atoms with Gasteiger partial charge in [0.05, 0.1) is 18.1 Å². The maximum absolute atomic E-state index is 12.5. The van der Waals surface area contributed by atoms with Crippen molar-refractivity contribution in [1.29, 1.82) is 0 Å². The molecule has 2 fully saturated rings. The van der Waals surface area contributed by atoms with Crippen molar-refractivity contribution in [2.45, 2.75) is 22.4 Å². The van der Waals surface area contributed by atoms with Crippen molar-refractivity contribution in [3.05, 3.63) is 24.3 Å². The van der Waals surface area contributed by atoms with Gasteiger partial charge >= 0.3 is 5.51 Å². The Balaban J connectivity index is 1.80. The molecule has 2 aliphatic heterocycles. The van der Waals surface area contributed by atoms with E-state index in [0.717, 1.165) is 18.6 Å². The quantitative estimate of drug-likeness (QED) is 0.816. The van der Waals surface area contributed by atoms with Crippen LogP contribution in [-0.2, 0) is 19.3 Å². The Labute approximate surface area is 131 Å². The third-order valence-electron chi connectivity index (χ3n) is 4.13. The number of nitrogens with zero attached hydrogens (tertiary/aromatic N) is 1. The molecule has 1 spiro atoms. The summed E-state index contributed by atoms with van der Waals surface area (Å²) in [6, 6.07) is 4.78. The van der Waals surface area contributed by atoms with Gasteiger partial charge in [0.25, 0.3) is 9.84 Å². The predicted octanol–water partition coefficient (Wildman–Crippen LogP) is 1.98. The number of alkyl halides is 3. The Bertz CT molecular complexity index is 666. The van der Waals surface area contributed by atoms with Gasteiger partial charge in [-0.2, -0.15) is 13.2 Å². The first-order valence-electron chi connectivity index (χ1n) is 7.12. The number of hydrogen-bond donors (Lipinski definition) is 0. The summed E-state index contributed by atoms with van der Waals surface area (Å²) in [7, 11) is -5.31.